The molecule has 130 valence electrons. The van der Waals surface area contributed by atoms with E-state index in [4.69, 9.17) is 5.26 Å². The zero-order valence-corrected chi connectivity index (χ0v) is 15.2. The molecule has 0 aromatic heterocycles. The lowest BCUT2D eigenvalue weighted by molar-refractivity contribution is 0.620. The van der Waals surface area contributed by atoms with Crippen LogP contribution in [0, 0.1) is 17.1 Å². The van der Waals surface area contributed by atoms with Gasteiger partial charge in [0.25, 0.3) is 0 Å². The maximum atomic E-state index is 13.9. The Hall–Kier alpha value is -2.92. The van der Waals surface area contributed by atoms with Crippen LogP contribution in [0.2, 0.25) is 0 Å². The van der Waals surface area contributed by atoms with Crippen LogP contribution in [0.5, 0.6) is 0 Å². The number of aryl methyl sites for hydroxylation is 1. The molecule has 0 heterocycles. The zero-order valence-electron chi connectivity index (χ0n) is 15.2. The molecule has 0 fully saturated rings. The summed E-state index contributed by atoms with van der Waals surface area (Å²) in [7, 11) is 0. The average Bonchev–Trinajstić information content (AvgIpc) is 2.68. The van der Waals surface area contributed by atoms with Crippen LogP contribution in [-0.4, -0.2) is 0 Å². The van der Waals surface area contributed by atoms with Crippen molar-refractivity contribution < 1.29 is 4.39 Å². The highest BCUT2D eigenvalue weighted by Crippen LogP contribution is 2.28. The van der Waals surface area contributed by atoms with E-state index in [1.165, 1.54) is 22.8 Å². The van der Waals surface area contributed by atoms with Crippen LogP contribution in [0.4, 0.5) is 4.39 Å². The van der Waals surface area contributed by atoms with Crippen molar-refractivity contribution in [3.63, 3.8) is 0 Å². The van der Waals surface area contributed by atoms with Gasteiger partial charge in [0.15, 0.2) is 0 Å². The second kappa shape index (κ2) is 7.97. The van der Waals surface area contributed by atoms with E-state index in [9.17, 15) is 4.39 Å². The molecule has 1 atom stereocenters. The largest absolute Gasteiger partial charge is 0.206 e. The Morgan fingerprint density at radius 1 is 0.885 bits per heavy atom. The van der Waals surface area contributed by atoms with Gasteiger partial charge in [-0.15, -0.1) is 0 Å². The van der Waals surface area contributed by atoms with E-state index >= 15 is 0 Å². The van der Waals surface area contributed by atoms with Gasteiger partial charge in [-0.3, -0.25) is 0 Å². The molecule has 3 rings (SSSR count). The van der Waals surface area contributed by atoms with Gasteiger partial charge in [0.1, 0.15) is 11.9 Å². The molecule has 0 saturated carbocycles. The van der Waals surface area contributed by atoms with Crippen molar-refractivity contribution in [3.8, 4) is 17.2 Å². The Balaban J connectivity index is 1.80. The topological polar surface area (TPSA) is 23.8 Å². The van der Waals surface area contributed by atoms with E-state index in [-0.39, 0.29) is 11.5 Å². The second-order valence-corrected chi connectivity index (χ2v) is 6.64. The first kappa shape index (κ1) is 17.9. The van der Waals surface area contributed by atoms with Gasteiger partial charge in [-0.2, -0.15) is 5.26 Å². The Morgan fingerprint density at radius 2 is 1.46 bits per heavy atom. The highest BCUT2D eigenvalue weighted by atomic mass is 19.1. The fourth-order valence-electron chi connectivity index (χ4n) is 3.20. The molecule has 0 amide bonds. The molecular weight excluding hydrogens is 321 g/mol. The fraction of sp³-hybridized carbons (Fsp3) is 0.208. The standard InChI is InChI=1S/C24H22FN/c1-3-4-18-5-7-20(8-6-18)21-11-9-19(10-12-21)17(2)22-13-14-23(16-26)24(25)15-22/h5-15,17H,3-4H2,1-2H3. The molecule has 0 bridgehead atoms. The molecule has 0 saturated heterocycles. The third kappa shape index (κ3) is 3.83. The summed E-state index contributed by atoms with van der Waals surface area (Å²) in [5.41, 5.74) is 5.83. The predicted molar refractivity (Wildman–Crippen MR) is 105 cm³/mol. The van der Waals surface area contributed by atoms with Crippen LogP contribution in [-0.2, 0) is 6.42 Å². The minimum absolute atomic E-state index is 0.0678. The lowest BCUT2D eigenvalue weighted by atomic mass is 9.91. The molecule has 0 spiro atoms. The van der Waals surface area contributed by atoms with Crippen LogP contribution in [0.25, 0.3) is 11.1 Å². The SMILES string of the molecule is CCCc1ccc(-c2ccc(C(C)c3ccc(C#N)c(F)c3)cc2)cc1. The van der Waals surface area contributed by atoms with Gasteiger partial charge in [-0.1, -0.05) is 74.9 Å². The smallest absolute Gasteiger partial charge is 0.141 e. The monoisotopic (exact) mass is 343 g/mol. The molecule has 0 aliphatic heterocycles. The van der Waals surface area contributed by atoms with Crippen molar-refractivity contribution >= 4 is 0 Å². The van der Waals surface area contributed by atoms with E-state index in [1.54, 1.807) is 6.07 Å². The second-order valence-electron chi connectivity index (χ2n) is 6.64. The quantitative estimate of drug-likeness (QED) is 0.521. The minimum Gasteiger partial charge on any atom is -0.206 e. The van der Waals surface area contributed by atoms with Crippen LogP contribution in [0.3, 0.4) is 0 Å². The van der Waals surface area contributed by atoms with E-state index in [0.29, 0.717) is 0 Å². The summed E-state index contributed by atoms with van der Waals surface area (Å²) >= 11 is 0. The first-order chi connectivity index (χ1) is 12.6. The summed E-state index contributed by atoms with van der Waals surface area (Å²) < 4.78 is 13.9. The molecule has 0 aliphatic carbocycles. The Bertz CT molecular complexity index is 918. The van der Waals surface area contributed by atoms with Crippen LogP contribution < -0.4 is 0 Å². The summed E-state index contributed by atoms with van der Waals surface area (Å²) in [5, 5.41) is 8.86. The van der Waals surface area contributed by atoms with Crippen molar-refractivity contribution in [2.45, 2.75) is 32.6 Å². The van der Waals surface area contributed by atoms with E-state index in [2.05, 4.69) is 62.4 Å². The molecule has 0 radical (unpaired) electrons. The summed E-state index contributed by atoms with van der Waals surface area (Å²) in [6, 6.07) is 23.8. The van der Waals surface area contributed by atoms with Gasteiger partial charge < -0.3 is 0 Å². The lowest BCUT2D eigenvalue weighted by Gasteiger charge is -2.14. The Labute approximate surface area is 154 Å². The van der Waals surface area contributed by atoms with Gasteiger partial charge in [0.05, 0.1) is 5.56 Å². The number of nitriles is 1. The van der Waals surface area contributed by atoms with Gasteiger partial charge in [0, 0.05) is 5.92 Å². The van der Waals surface area contributed by atoms with E-state index in [1.807, 2.05) is 12.1 Å². The minimum atomic E-state index is -0.458. The number of hydrogen-bond donors (Lipinski definition) is 0. The highest BCUT2D eigenvalue weighted by molar-refractivity contribution is 5.64. The average molecular weight is 343 g/mol. The van der Waals surface area contributed by atoms with Crippen molar-refractivity contribution in [2.75, 3.05) is 0 Å². The molecule has 0 N–H and O–H groups in total. The lowest BCUT2D eigenvalue weighted by Crippen LogP contribution is -1.98. The van der Waals surface area contributed by atoms with Gasteiger partial charge >= 0.3 is 0 Å². The molecule has 2 heteroatoms. The molecule has 26 heavy (non-hydrogen) atoms. The van der Waals surface area contributed by atoms with Gasteiger partial charge in [-0.05, 0) is 46.4 Å². The highest BCUT2D eigenvalue weighted by Gasteiger charge is 2.11. The van der Waals surface area contributed by atoms with Crippen molar-refractivity contribution in [2.24, 2.45) is 0 Å². The van der Waals surface area contributed by atoms with Crippen LogP contribution >= 0.6 is 0 Å². The van der Waals surface area contributed by atoms with Crippen molar-refractivity contribution in [1.29, 1.82) is 5.26 Å². The van der Waals surface area contributed by atoms with Gasteiger partial charge in [-0.25, -0.2) is 4.39 Å². The van der Waals surface area contributed by atoms with Crippen molar-refractivity contribution in [1.82, 2.24) is 0 Å². The molecule has 0 aliphatic rings. The third-order valence-electron chi connectivity index (χ3n) is 4.85. The maximum Gasteiger partial charge on any atom is 0.141 e. The predicted octanol–water partition coefficient (Wildman–Crippen LogP) is 6.47. The molecule has 3 aromatic carbocycles. The Kier molecular flexibility index (Phi) is 5.49. The summed E-state index contributed by atoms with van der Waals surface area (Å²) in [6.45, 7) is 4.24. The number of nitrogens with zero attached hydrogens (tertiary/aromatic N) is 1. The summed E-state index contributed by atoms with van der Waals surface area (Å²) in [6.07, 6.45) is 2.26. The normalized spacial score (nSPS) is 11.8. The molecule has 1 unspecified atom stereocenters. The van der Waals surface area contributed by atoms with Gasteiger partial charge in [0.2, 0.25) is 0 Å². The van der Waals surface area contributed by atoms with Crippen LogP contribution in [0.1, 0.15) is 48.4 Å². The maximum absolute atomic E-state index is 13.9. The number of hydrogen-bond acceptors (Lipinski definition) is 1. The zero-order chi connectivity index (χ0) is 18.5. The van der Waals surface area contributed by atoms with E-state index < -0.39 is 5.82 Å². The summed E-state index contributed by atoms with van der Waals surface area (Å²) in [4.78, 5) is 0. The number of benzene rings is 3. The Morgan fingerprint density at radius 3 is 2.00 bits per heavy atom. The van der Waals surface area contributed by atoms with Crippen LogP contribution in [0.15, 0.2) is 66.7 Å². The first-order valence-corrected chi connectivity index (χ1v) is 9.01. The fourth-order valence-corrected chi connectivity index (χ4v) is 3.20. The molecular formula is C24H22FN. The molecule has 3 aromatic rings. The number of rotatable bonds is 5. The third-order valence-corrected chi connectivity index (χ3v) is 4.85. The molecule has 1 nitrogen and oxygen atoms in total. The summed E-state index contributed by atoms with van der Waals surface area (Å²) in [5.74, 6) is -0.390. The van der Waals surface area contributed by atoms with E-state index in [0.717, 1.165) is 24.0 Å². The number of halogens is 1. The first-order valence-electron chi connectivity index (χ1n) is 9.01. The van der Waals surface area contributed by atoms with Crippen molar-refractivity contribution in [3.05, 3.63) is 94.8 Å².